The summed E-state index contributed by atoms with van der Waals surface area (Å²) in [6, 6.07) is 7.16. The van der Waals surface area contributed by atoms with Crippen LogP contribution in [0.1, 0.15) is 68.8 Å². The average Bonchev–Trinajstić information content (AvgIpc) is 3.22. The second-order valence-corrected chi connectivity index (χ2v) is 9.00. The van der Waals surface area contributed by atoms with Gasteiger partial charge >= 0.3 is 5.97 Å². The third kappa shape index (κ3) is 4.96. The van der Waals surface area contributed by atoms with Gasteiger partial charge in [-0.3, -0.25) is 19.7 Å². The van der Waals surface area contributed by atoms with Gasteiger partial charge in [-0.15, -0.1) is 0 Å². The van der Waals surface area contributed by atoms with Gasteiger partial charge in [0, 0.05) is 12.0 Å². The molecule has 0 spiro atoms. The van der Waals surface area contributed by atoms with Crippen molar-refractivity contribution in [2.24, 2.45) is 17.8 Å². The largest absolute Gasteiger partial charge is 0.456 e. The van der Waals surface area contributed by atoms with Crippen molar-refractivity contribution in [3.63, 3.8) is 0 Å². The predicted octanol–water partition coefficient (Wildman–Crippen LogP) is 3.61. The molecule has 2 saturated carbocycles. The van der Waals surface area contributed by atoms with Crippen LogP contribution in [0.25, 0.3) is 0 Å². The second-order valence-electron chi connectivity index (χ2n) is 9.00. The molecule has 2 aliphatic carbocycles. The molecule has 5 heteroatoms. The van der Waals surface area contributed by atoms with E-state index in [-0.39, 0.29) is 11.4 Å². The van der Waals surface area contributed by atoms with Crippen LogP contribution in [0.4, 0.5) is 0 Å². The van der Waals surface area contributed by atoms with E-state index in [0.29, 0.717) is 23.8 Å². The molecule has 0 aromatic heterocycles. The Bertz CT molecular complexity index is 717. The quantitative estimate of drug-likeness (QED) is 0.803. The lowest BCUT2D eigenvalue weighted by Crippen LogP contribution is -2.34. The monoisotopic (exact) mass is 371 g/mol. The molecule has 2 aliphatic rings. The molecule has 0 saturated heterocycles. The van der Waals surface area contributed by atoms with Crippen LogP contribution >= 0.6 is 0 Å². The van der Waals surface area contributed by atoms with E-state index in [1.165, 1.54) is 19.3 Å². The van der Waals surface area contributed by atoms with E-state index in [1.54, 1.807) is 12.1 Å². The van der Waals surface area contributed by atoms with Crippen molar-refractivity contribution in [2.75, 3.05) is 6.61 Å². The van der Waals surface area contributed by atoms with Gasteiger partial charge in [-0.25, -0.2) is 0 Å². The molecule has 2 bridgehead atoms. The molecule has 0 aliphatic heterocycles. The van der Waals surface area contributed by atoms with E-state index in [2.05, 4.69) is 26.1 Å². The van der Waals surface area contributed by atoms with Crippen LogP contribution < -0.4 is 5.32 Å². The molecule has 1 aromatic rings. The van der Waals surface area contributed by atoms with Crippen molar-refractivity contribution in [1.29, 1.82) is 0 Å². The number of carbonyl (C=O) groups is 3. The Morgan fingerprint density at radius 2 is 1.78 bits per heavy atom. The van der Waals surface area contributed by atoms with Gasteiger partial charge in [0.15, 0.2) is 6.61 Å². The third-order valence-electron chi connectivity index (χ3n) is 5.94. The molecule has 27 heavy (non-hydrogen) atoms. The molecule has 1 N–H and O–H groups in total. The first-order chi connectivity index (χ1) is 12.7. The maximum absolute atomic E-state index is 12.2. The Labute approximate surface area is 160 Å². The second kappa shape index (κ2) is 7.83. The van der Waals surface area contributed by atoms with Gasteiger partial charge in [-0.05, 0) is 60.1 Å². The standard InChI is InChI=1S/C22H29NO4/c1-22(2,3)18-8-6-15(7-9-18)21(26)23-19(24)13-27-20(25)12-17-11-14-4-5-16(17)10-14/h6-9,14,16-17H,4-5,10-13H2,1-3H3,(H,23,24,26)/t14-,16+,17+/m0/s1. The lowest BCUT2D eigenvalue weighted by atomic mass is 9.86. The number of carbonyl (C=O) groups excluding carboxylic acids is 3. The summed E-state index contributed by atoms with van der Waals surface area (Å²) in [5.74, 6) is 0.408. The molecule has 0 unspecified atom stereocenters. The zero-order valence-electron chi connectivity index (χ0n) is 16.4. The van der Waals surface area contributed by atoms with Gasteiger partial charge in [-0.2, -0.15) is 0 Å². The molecule has 5 nitrogen and oxygen atoms in total. The Hall–Kier alpha value is -2.17. The molecule has 3 rings (SSSR count). The molecule has 0 heterocycles. The summed E-state index contributed by atoms with van der Waals surface area (Å²) in [6.07, 6.45) is 5.23. The SMILES string of the molecule is CC(C)(C)c1ccc(C(=O)NC(=O)COC(=O)C[C@H]2C[C@H]3CC[C@@H]2C3)cc1. The van der Waals surface area contributed by atoms with Crippen LogP contribution in [0.3, 0.4) is 0 Å². The number of hydrogen-bond acceptors (Lipinski definition) is 4. The normalized spacial score (nSPS) is 23.9. The van der Waals surface area contributed by atoms with Crippen molar-refractivity contribution in [3.8, 4) is 0 Å². The summed E-state index contributed by atoms with van der Waals surface area (Å²) in [5.41, 5.74) is 1.52. The number of benzene rings is 1. The molecule has 2 amide bonds. The summed E-state index contributed by atoms with van der Waals surface area (Å²) in [4.78, 5) is 36.0. The summed E-state index contributed by atoms with van der Waals surface area (Å²) in [7, 11) is 0. The van der Waals surface area contributed by atoms with Crippen LogP contribution in [0, 0.1) is 17.8 Å². The van der Waals surface area contributed by atoms with Gasteiger partial charge in [0.05, 0.1) is 0 Å². The van der Waals surface area contributed by atoms with E-state index in [1.807, 2.05) is 12.1 Å². The number of imide groups is 1. The van der Waals surface area contributed by atoms with Crippen LogP contribution in [0.15, 0.2) is 24.3 Å². The lowest BCUT2D eigenvalue weighted by Gasteiger charge is -2.20. The first kappa shape index (κ1) is 19.6. The minimum atomic E-state index is -0.596. The van der Waals surface area contributed by atoms with Crippen LogP contribution in [0.2, 0.25) is 0 Å². The fourth-order valence-corrected chi connectivity index (χ4v) is 4.40. The number of fused-ring (bicyclic) bond motifs is 2. The first-order valence-electron chi connectivity index (χ1n) is 9.82. The summed E-state index contributed by atoms with van der Waals surface area (Å²) in [5, 5.41) is 2.28. The van der Waals surface area contributed by atoms with Gasteiger partial charge in [0.1, 0.15) is 0 Å². The van der Waals surface area contributed by atoms with Gasteiger partial charge in [0.2, 0.25) is 0 Å². The number of hydrogen-bond donors (Lipinski definition) is 1. The summed E-state index contributed by atoms with van der Waals surface area (Å²) < 4.78 is 5.07. The molecule has 3 atom stereocenters. The Kier molecular flexibility index (Phi) is 5.68. The Balaban J connectivity index is 1.42. The van der Waals surface area contributed by atoms with Crippen LogP contribution in [0.5, 0.6) is 0 Å². The molecule has 1 aromatic carbocycles. The summed E-state index contributed by atoms with van der Waals surface area (Å²) >= 11 is 0. The Morgan fingerprint density at radius 1 is 1.07 bits per heavy atom. The maximum atomic E-state index is 12.2. The Morgan fingerprint density at radius 3 is 2.33 bits per heavy atom. The number of rotatable bonds is 5. The fraction of sp³-hybridized carbons (Fsp3) is 0.591. The topological polar surface area (TPSA) is 72.5 Å². The highest BCUT2D eigenvalue weighted by molar-refractivity contribution is 6.05. The van der Waals surface area contributed by atoms with Gasteiger partial charge < -0.3 is 4.74 Å². The number of nitrogens with one attached hydrogen (secondary N) is 1. The van der Waals surface area contributed by atoms with E-state index in [4.69, 9.17) is 4.74 Å². The van der Waals surface area contributed by atoms with Crippen molar-refractivity contribution >= 4 is 17.8 Å². The lowest BCUT2D eigenvalue weighted by molar-refractivity contribution is -0.149. The van der Waals surface area contributed by atoms with Crippen molar-refractivity contribution in [1.82, 2.24) is 5.32 Å². The highest BCUT2D eigenvalue weighted by Gasteiger charge is 2.40. The number of amides is 2. The fourth-order valence-electron chi connectivity index (χ4n) is 4.40. The predicted molar refractivity (Wildman–Crippen MR) is 102 cm³/mol. The molecular formula is C22H29NO4. The minimum absolute atomic E-state index is 0.00214. The van der Waals surface area contributed by atoms with Gasteiger partial charge in [0.25, 0.3) is 11.8 Å². The molecule has 0 radical (unpaired) electrons. The highest BCUT2D eigenvalue weighted by atomic mass is 16.5. The number of esters is 1. The molecule has 2 fully saturated rings. The van der Waals surface area contributed by atoms with E-state index < -0.39 is 18.4 Å². The first-order valence-corrected chi connectivity index (χ1v) is 9.82. The van der Waals surface area contributed by atoms with E-state index in [0.717, 1.165) is 17.9 Å². The average molecular weight is 371 g/mol. The van der Waals surface area contributed by atoms with Crippen LogP contribution in [-0.2, 0) is 19.7 Å². The minimum Gasteiger partial charge on any atom is -0.456 e. The molecular weight excluding hydrogens is 342 g/mol. The highest BCUT2D eigenvalue weighted by Crippen LogP contribution is 2.49. The smallest absolute Gasteiger partial charge is 0.306 e. The van der Waals surface area contributed by atoms with E-state index >= 15 is 0 Å². The third-order valence-corrected chi connectivity index (χ3v) is 5.94. The van der Waals surface area contributed by atoms with Crippen molar-refractivity contribution in [2.45, 2.75) is 58.3 Å². The van der Waals surface area contributed by atoms with Crippen LogP contribution in [-0.4, -0.2) is 24.4 Å². The van der Waals surface area contributed by atoms with Crippen molar-refractivity contribution in [3.05, 3.63) is 35.4 Å². The zero-order valence-corrected chi connectivity index (χ0v) is 16.4. The van der Waals surface area contributed by atoms with E-state index in [9.17, 15) is 14.4 Å². The maximum Gasteiger partial charge on any atom is 0.306 e. The van der Waals surface area contributed by atoms with Crippen molar-refractivity contribution < 1.29 is 19.1 Å². The van der Waals surface area contributed by atoms with Gasteiger partial charge in [-0.1, -0.05) is 39.3 Å². The number of ether oxygens (including phenoxy) is 1. The molecule has 146 valence electrons. The summed E-state index contributed by atoms with van der Waals surface area (Å²) in [6.45, 7) is 5.87. The zero-order chi connectivity index (χ0) is 19.6.